The summed E-state index contributed by atoms with van der Waals surface area (Å²) in [4.78, 5) is 21.2. The SMILES string of the molecule is O=C1Nc2ncc(-c3ccccc3)cc2/C1=C/Nc1ccc2ncccc2c1. The molecule has 5 heteroatoms. The average Bonchev–Trinajstić information content (AvgIpc) is 3.07. The molecule has 5 nitrogen and oxygen atoms in total. The fraction of sp³-hybridized carbons (Fsp3) is 0. The van der Waals surface area contributed by atoms with Gasteiger partial charge in [-0.05, 0) is 35.9 Å². The minimum atomic E-state index is -0.164. The summed E-state index contributed by atoms with van der Waals surface area (Å²) in [6.45, 7) is 0. The summed E-state index contributed by atoms with van der Waals surface area (Å²) in [5, 5.41) is 7.09. The van der Waals surface area contributed by atoms with Crippen molar-refractivity contribution in [1.29, 1.82) is 0 Å². The van der Waals surface area contributed by atoms with Crippen molar-refractivity contribution in [3.05, 3.63) is 90.9 Å². The van der Waals surface area contributed by atoms with E-state index in [9.17, 15) is 4.79 Å². The van der Waals surface area contributed by atoms with Gasteiger partial charge in [0.25, 0.3) is 5.91 Å². The maximum Gasteiger partial charge on any atom is 0.259 e. The smallest absolute Gasteiger partial charge is 0.259 e. The Morgan fingerprint density at radius 2 is 1.79 bits per heavy atom. The molecule has 4 aromatic rings. The lowest BCUT2D eigenvalue weighted by atomic mass is 10.0. The molecule has 1 amide bonds. The van der Waals surface area contributed by atoms with Crippen LogP contribution in [0.25, 0.3) is 27.6 Å². The first kappa shape index (κ1) is 16.2. The van der Waals surface area contributed by atoms with Crippen LogP contribution in [-0.4, -0.2) is 15.9 Å². The number of amides is 1. The van der Waals surface area contributed by atoms with Crippen molar-refractivity contribution in [2.24, 2.45) is 0 Å². The minimum Gasteiger partial charge on any atom is -0.361 e. The number of aromatic nitrogens is 2. The van der Waals surface area contributed by atoms with E-state index in [1.54, 1.807) is 18.6 Å². The van der Waals surface area contributed by atoms with E-state index in [0.717, 1.165) is 33.3 Å². The van der Waals surface area contributed by atoms with Gasteiger partial charge in [0.2, 0.25) is 0 Å². The van der Waals surface area contributed by atoms with E-state index in [1.165, 1.54) is 0 Å². The number of carbonyl (C=O) groups is 1. The van der Waals surface area contributed by atoms with Crippen molar-refractivity contribution in [2.75, 3.05) is 10.6 Å². The molecule has 2 N–H and O–H groups in total. The Bertz CT molecular complexity index is 1230. The van der Waals surface area contributed by atoms with E-state index < -0.39 is 0 Å². The molecule has 0 bridgehead atoms. The van der Waals surface area contributed by atoms with Gasteiger partial charge in [-0.2, -0.15) is 0 Å². The molecule has 1 aliphatic rings. The third-order valence-corrected chi connectivity index (χ3v) is 4.75. The van der Waals surface area contributed by atoms with E-state index in [-0.39, 0.29) is 5.91 Å². The average molecular weight is 364 g/mol. The highest BCUT2D eigenvalue weighted by Crippen LogP contribution is 2.33. The highest BCUT2D eigenvalue weighted by atomic mass is 16.2. The van der Waals surface area contributed by atoms with Crippen LogP contribution >= 0.6 is 0 Å². The third kappa shape index (κ3) is 2.89. The van der Waals surface area contributed by atoms with Crippen LogP contribution in [0.3, 0.4) is 0 Å². The van der Waals surface area contributed by atoms with E-state index in [2.05, 4.69) is 20.6 Å². The largest absolute Gasteiger partial charge is 0.361 e. The standard InChI is InChI=1S/C23H16N4O/c28-23-20(14-25-18-8-9-21-16(11-18)7-4-10-24-21)19-12-17(13-26-22(19)27-23)15-5-2-1-3-6-15/h1-14,25H,(H,26,27,28)/b20-14-. The number of fused-ring (bicyclic) bond motifs is 2. The van der Waals surface area contributed by atoms with Crippen LogP contribution in [-0.2, 0) is 4.79 Å². The monoisotopic (exact) mass is 364 g/mol. The summed E-state index contributed by atoms with van der Waals surface area (Å²) in [5.74, 6) is 0.420. The summed E-state index contributed by atoms with van der Waals surface area (Å²) >= 11 is 0. The number of anilines is 2. The molecular formula is C23H16N4O. The van der Waals surface area contributed by atoms with Gasteiger partial charge in [0, 0.05) is 40.8 Å². The number of carbonyl (C=O) groups excluding carboxylic acids is 1. The van der Waals surface area contributed by atoms with Crippen molar-refractivity contribution in [3.63, 3.8) is 0 Å². The Balaban J connectivity index is 1.49. The number of rotatable bonds is 3. The molecule has 0 radical (unpaired) electrons. The Kier molecular flexibility index (Phi) is 3.84. The van der Waals surface area contributed by atoms with Crippen molar-refractivity contribution >= 4 is 33.9 Å². The quantitative estimate of drug-likeness (QED) is 0.517. The molecule has 0 spiro atoms. The van der Waals surface area contributed by atoms with Crippen molar-refractivity contribution < 1.29 is 4.79 Å². The van der Waals surface area contributed by atoms with Crippen molar-refractivity contribution in [1.82, 2.24) is 9.97 Å². The fourth-order valence-electron chi connectivity index (χ4n) is 3.32. The Morgan fingerprint density at radius 1 is 0.893 bits per heavy atom. The van der Waals surface area contributed by atoms with Gasteiger partial charge < -0.3 is 10.6 Å². The summed E-state index contributed by atoms with van der Waals surface area (Å²) in [6, 6.07) is 21.8. The number of nitrogens with one attached hydrogen (secondary N) is 2. The minimum absolute atomic E-state index is 0.164. The van der Waals surface area contributed by atoms with Gasteiger partial charge in [-0.15, -0.1) is 0 Å². The molecule has 0 atom stereocenters. The highest BCUT2D eigenvalue weighted by molar-refractivity contribution is 6.31. The van der Waals surface area contributed by atoms with Crippen LogP contribution in [0.5, 0.6) is 0 Å². The second-order valence-electron chi connectivity index (χ2n) is 6.55. The molecule has 0 unspecified atom stereocenters. The molecule has 3 heterocycles. The Morgan fingerprint density at radius 3 is 2.68 bits per heavy atom. The van der Waals surface area contributed by atoms with E-state index in [0.29, 0.717) is 11.4 Å². The van der Waals surface area contributed by atoms with E-state index in [1.807, 2.05) is 66.7 Å². The van der Waals surface area contributed by atoms with E-state index in [4.69, 9.17) is 0 Å². The molecule has 2 aromatic carbocycles. The first-order valence-corrected chi connectivity index (χ1v) is 8.97. The molecule has 1 aliphatic heterocycles. The topological polar surface area (TPSA) is 66.9 Å². The van der Waals surface area contributed by atoms with E-state index >= 15 is 0 Å². The molecular weight excluding hydrogens is 348 g/mol. The van der Waals surface area contributed by atoms with Gasteiger partial charge in [-0.1, -0.05) is 36.4 Å². The highest BCUT2D eigenvalue weighted by Gasteiger charge is 2.25. The number of nitrogens with zero attached hydrogens (tertiary/aromatic N) is 2. The number of benzene rings is 2. The normalized spacial score (nSPS) is 14.1. The van der Waals surface area contributed by atoms with Gasteiger partial charge >= 0.3 is 0 Å². The summed E-state index contributed by atoms with van der Waals surface area (Å²) in [6.07, 6.45) is 5.28. The molecule has 0 aliphatic carbocycles. The second-order valence-corrected chi connectivity index (χ2v) is 6.55. The van der Waals surface area contributed by atoms with Crippen LogP contribution in [0.1, 0.15) is 5.56 Å². The second kappa shape index (κ2) is 6.63. The Hall–Kier alpha value is -3.99. The number of hydrogen-bond donors (Lipinski definition) is 2. The number of pyridine rings is 2. The van der Waals surface area contributed by atoms with Gasteiger partial charge in [0.15, 0.2) is 0 Å². The summed E-state index contributed by atoms with van der Waals surface area (Å²) in [5.41, 5.74) is 5.21. The fourth-order valence-corrected chi connectivity index (χ4v) is 3.32. The van der Waals surface area contributed by atoms with Crippen LogP contribution in [0.15, 0.2) is 85.3 Å². The molecule has 134 valence electrons. The lowest BCUT2D eigenvalue weighted by Gasteiger charge is -2.06. The summed E-state index contributed by atoms with van der Waals surface area (Å²) < 4.78 is 0. The maximum absolute atomic E-state index is 12.4. The zero-order valence-corrected chi connectivity index (χ0v) is 14.9. The predicted octanol–water partition coefficient (Wildman–Crippen LogP) is 4.70. The Labute approximate surface area is 161 Å². The zero-order chi connectivity index (χ0) is 18.9. The third-order valence-electron chi connectivity index (χ3n) is 4.75. The molecule has 28 heavy (non-hydrogen) atoms. The zero-order valence-electron chi connectivity index (χ0n) is 14.9. The molecule has 0 saturated carbocycles. The van der Waals surface area contributed by atoms with Crippen LogP contribution in [0.2, 0.25) is 0 Å². The van der Waals surface area contributed by atoms with Gasteiger partial charge in [0.1, 0.15) is 5.82 Å². The lowest BCUT2D eigenvalue weighted by molar-refractivity contribution is -0.110. The molecule has 0 saturated heterocycles. The first-order chi connectivity index (χ1) is 13.8. The van der Waals surface area contributed by atoms with Crippen molar-refractivity contribution in [2.45, 2.75) is 0 Å². The molecule has 2 aromatic heterocycles. The van der Waals surface area contributed by atoms with Crippen molar-refractivity contribution in [3.8, 4) is 11.1 Å². The predicted molar refractivity (Wildman–Crippen MR) is 112 cm³/mol. The number of hydrogen-bond acceptors (Lipinski definition) is 4. The van der Waals surface area contributed by atoms with Crippen LogP contribution in [0, 0.1) is 0 Å². The molecule has 5 rings (SSSR count). The van der Waals surface area contributed by atoms with Crippen LogP contribution in [0.4, 0.5) is 11.5 Å². The van der Waals surface area contributed by atoms with Gasteiger partial charge in [-0.3, -0.25) is 9.78 Å². The van der Waals surface area contributed by atoms with Crippen LogP contribution < -0.4 is 10.6 Å². The van der Waals surface area contributed by atoms with Gasteiger partial charge in [-0.25, -0.2) is 4.98 Å². The first-order valence-electron chi connectivity index (χ1n) is 8.97. The maximum atomic E-state index is 12.4. The molecule has 0 fully saturated rings. The van der Waals surface area contributed by atoms with Gasteiger partial charge in [0.05, 0.1) is 11.1 Å². The lowest BCUT2D eigenvalue weighted by Crippen LogP contribution is -2.05. The summed E-state index contributed by atoms with van der Waals surface area (Å²) in [7, 11) is 0.